The first-order chi connectivity index (χ1) is 11.5. The lowest BCUT2D eigenvalue weighted by atomic mass is 10.1. The Kier molecular flexibility index (Phi) is 6.58. The third-order valence-corrected chi connectivity index (χ3v) is 4.43. The number of ether oxygens (including phenoxy) is 1. The van der Waals surface area contributed by atoms with Crippen LogP contribution in [0.4, 0.5) is 4.39 Å². The number of hydrogen-bond donors (Lipinski definition) is 2. The molecule has 0 aromatic heterocycles. The molecule has 0 spiro atoms. The number of carbonyl (C=O) groups excluding carboxylic acids is 2. The van der Waals surface area contributed by atoms with E-state index >= 15 is 0 Å². The summed E-state index contributed by atoms with van der Waals surface area (Å²) in [5.41, 5.74) is 0.664. The SMILES string of the molecule is COc1ccc(C(C)NC(=O)CCNC(=O)C2CCCC2)cc1F. The molecule has 5 nitrogen and oxygen atoms in total. The lowest BCUT2D eigenvalue weighted by Gasteiger charge is -2.16. The summed E-state index contributed by atoms with van der Waals surface area (Å²) < 4.78 is 18.6. The molecule has 1 aromatic carbocycles. The van der Waals surface area contributed by atoms with Gasteiger partial charge in [-0.3, -0.25) is 9.59 Å². The number of nitrogens with one attached hydrogen (secondary N) is 2. The Labute approximate surface area is 142 Å². The normalized spacial score (nSPS) is 15.8. The maximum atomic E-state index is 13.7. The van der Waals surface area contributed by atoms with Gasteiger partial charge in [-0.05, 0) is 37.5 Å². The average Bonchev–Trinajstić information content (AvgIpc) is 3.09. The number of carbonyl (C=O) groups is 2. The van der Waals surface area contributed by atoms with Gasteiger partial charge < -0.3 is 15.4 Å². The highest BCUT2D eigenvalue weighted by molar-refractivity contribution is 5.80. The summed E-state index contributed by atoms with van der Waals surface area (Å²) in [4.78, 5) is 23.8. The predicted molar refractivity (Wildman–Crippen MR) is 89.1 cm³/mol. The summed E-state index contributed by atoms with van der Waals surface area (Å²) in [6, 6.07) is 4.29. The van der Waals surface area contributed by atoms with Crippen molar-refractivity contribution in [2.45, 2.75) is 45.1 Å². The molecule has 1 atom stereocenters. The Morgan fingerprint density at radius 1 is 1.33 bits per heavy atom. The van der Waals surface area contributed by atoms with Crippen LogP contribution in [-0.4, -0.2) is 25.5 Å². The highest BCUT2D eigenvalue weighted by Crippen LogP contribution is 2.24. The van der Waals surface area contributed by atoms with Crippen molar-refractivity contribution in [2.24, 2.45) is 5.92 Å². The van der Waals surface area contributed by atoms with E-state index in [0.717, 1.165) is 25.7 Å². The van der Waals surface area contributed by atoms with Gasteiger partial charge in [0.2, 0.25) is 11.8 Å². The molecule has 0 saturated heterocycles. The first-order valence-corrected chi connectivity index (χ1v) is 8.41. The lowest BCUT2D eigenvalue weighted by Crippen LogP contribution is -2.34. The minimum Gasteiger partial charge on any atom is -0.494 e. The quantitative estimate of drug-likeness (QED) is 0.804. The van der Waals surface area contributed by atoms with Crippen molar-refractivity contribution in [2.75, 3.05) is 13.7 Å². The maximum Gasteiger partial charge on any atom is 0.223 e. The highest BCUT2D eigenvalue weighted by Gasteiger charge is 2.22. The Hall–Kier alpha value is -2.11. The average molecular weight is 336 g/mol. The molecule has 0 aliphatic heterocycles. The second-order valence-electron chi connectivity index (χ2n) is 6.21. The van der Waals surface area contributed by atoms with E-state index in [1.807, 2.05) is 0 Å². The summed E-state index contributed by atoms with van der Waals surface area (Å²) >= 11 is 0. The summed E-state index contributed by atoms with van der Waals surface area (Å²) in [6.45, 7) is 2.11. The summed E-state index contributed by atoms with van der Waals surface area (Å²) in [7, 11) is 1.41. The minimum atomic E-state index is -0.458. The van der Waals surface area contributed by atoms with Crippen LogP contribution in [0.1, 0.15) is 50.6 Å². The molecule has 0 radical (unpaired) electrons. The standard InChI is InChI=1S/C18H25FN2O3/c1-12(14-7-8-16(24-2)15(19)11-14)21-17(22)9-10-20-18(23)13-5-3-4-6-13/h7-8,11-13H,3-6,9-10H2,1-2H3,(H,20,23)(H,21,22). The molecule has 1 fully saturated rings. The number of benzene rings is 1. The van der Waals surface area contributed by atoms with Crippen LogP contribution in [0.15, 0.2) is 18.2 Å². The Balaban J connectivity index is 1.75. The third-order valence-electron chi connectivity index (χ3n) is 4.43. The van der Waals surface area contributed by atoms with Crippen LogP contribution in [0.25, 0.3) is 0 Å². The van der Waals surface area contributed by atoms with E-state index < -0.39 is 5.82 Å². The van der Waals surface area contributed by atoms with Crippen molar-refractivity contribution in [3.8, 4) is 5.75 Å². The van der Waals surface area contributed by atoms with Gasteiger partial charge in [-0.2, -0.15) is 0 Å². The number of hydrogen-bond acceptors (Lipinski definition) is 3. The Morgan fingerprint density at radius 3 is 2.67 bits per heavy atom. The third kappa shape index (κ3) is 4.94. The Morgan fingerprint density at radius 2 is 2.04 bits per heavy atom. The molecular weight excluding hydrogens is 311 g/mol. The van der Waals surface area contributed by atoms with Crippen molar-refractivity contribution in [3.05, 3.63) is 29.6 Å². The second kappa shape index (κ2) is 8.66. The molecule has 1 aliphatic carbocycles. The van der Waals surface area contributed by atoms with Gasteiger partial charge in [-0.1, -0.05) is 18.9 Å². The first kappa shape index (κ1) is 18.2. The molecule has 2 rings (SSSR count). The van der Waals surface area contributed by atoms with Crippen LogP contribution in [0.5, 0.6) is 5.75 Å². The second-order valence-corrected chi connectivity index (χ2v) is 6.21. The summed E-state index contributed by atoms with van der Waals surface area (Å²) in [6.07, 6.45) is 4.31. The van der Waals surface area contributed by atoms with E-state index in [9.17, 15) is 14.0 Å². The first-order valence-electron chi connectivity index (χ1n) is 8.41. The molecular formula is C18H25FN2O3. The zero-order chi connectivity index (χ0) is 17.5. The molecule has 1 unspecified atom stereocenters. The maximum absolute atomic E-state index is 13.7. The van der Waals surface area contributed by atoms with Gasteiger partial charge in [0.15, 0.2) is 11.6 Å². The molecule has 1 saturated carbocycles. The molecule has 24 heavy (non-hydrogen) atoms. The van der Waals surface area contributed by atoms with Crippen molar-refractivity contribution < 1.29 is 18.7 Å². The number of methoxy groups -OCH3 is 1. The van der Waals surface area contributed by atoms with Gasteiger partial charge in [-0.25, -0.2) is 4.39 Å². The lowest BCUT2D eigenvalue weighted by molar-refractivity contribution is -0.125. The molecule has 2 amide bonds. The Bertz CT molecular complexity index is 586. The smallest absolute Gasteiger partial charge is 0.223 e. The van der Waals surface area contributed by atoms with E-state index in [-0.39, 0.29) is 35.9 Å². The van der Waals surface area contributed by atoms with Gasteiger partial charge in [0, 0.05) is 18.9 Å². The highest BCUT2D eigenvalue weighted by atomic mass is 19.1. The van der Waals surface area contributed by atoms with Crippen LogP contribution < -0.4 is 15.4 Å². The molecule has 6 heteroatoms. The van der Waals surface area contributed by atoms with E-state index in [1.165, 1.54) is 19.2 Å². The fourth-order valence-electron chi connectivity index (χ4n) is 2.98. The fourth-order valence-corrected chi connectivity index (χ4v) is 2.98. The van der Waals surface area contributed by atoms with Crippen LogP contribution in [0.3, 0.4) is 0 Å². The van der Waals surface area contributed by atoms with Gasteiger partial charge >= 0.3 is 0 Å². The van der Waals surface area contributed by atoms with Crippen LogP contribution in [0, 0.1) is 11.7 Å². The van der Waals surface area contributed by atoms with E-state index in [4.69, 9.17) is 4.74 Å². The van der Waals surface area contributed by atoms with Crippen molar-refractivity contribution in [3.63, 3.8) is 0 Å². The van der Waals surface area contributed by atoms with Crippen LogP contribution in [0.2, 0.25) is 0 Å². The number of amides is 2. The van der Waals surface area contributed by atoms with Crippen LogP contribution in [-0.2, 0) is 9.59 Å². The van der Waals surface area contributed by atoms with E-state index in [0.29, 0.717) is 12.1 Å². The number of halogens is 1. The predicted octanol–water partition coefficient (Wildman–Crippen LogP) is 2.71. The molecule has 0 bridgehead atoms. The fraction of sp³-hybridized carbons (Fsp3) is 0.556. The summed E-state index contributed by atoms with van der Waals surface area (Å²) in [5, 5.41) is 5.62. The molecule has 132 valence electrons. The number of rotatable bonds is 7. The van der Waals surface area contributed by atoms with E-state index in [2.05, 4.69) is 10.6 Å². The van der Waals surface area contributed by atoms with Gasteiger partial charge in [0.05, 0.1) is 13.2 Å². The van der Waals surface area contributed by atoms with Crippen LogP contribution >= 0.6 is 0 Å². The largest absolute Gasteiger partial charge is 0.494 e. The monoisotopic (exact) mass is 336 g/mol. The summed E-state index contributed by atoms with van der Waals surface area (Å²) in [5.74, 6) is -0.308. The van der Waals surface area contributed by atoms with Gasteiger partial charge in [0.1, 0.15) is 0 Å². The van der Waals surface area contributed by atoms with E-state index in [1.54, 1.807) is 13.0 Å². The van der Waals surface area contributed by atoms with Gasteiger partial charge in [0.25, 0.3) is 0 Å². The minimum absolute atomic E-state index is 0.0468. The topological polar surface area (TPSA) is 67.4 Å². The van der Waals surface area contributed by atoms with Crippen molar-refractivity contribution >= 4 is 11.8 Å². The zero-order valence-corrected chi connectivity index (χ0v) is 14.2. The van der Waals surface area contributed by atoms with Gasteiger partial charge in [-0.15, -0.1) is 0 Å². The molecule has 0 heterocycles. The molecule has 1 aromatic rings. The van der Waals surface area contributed by atoms with Crippen molar-refractivity contribution in [1.29, 1.82) is 0 Å². The zero-order valence-electron chi connectivity index (χ0n) is 14.2. The molecule has 2 N–H and O–H groups in total. The molecule has 1 aliphatic rings. The van der Waals surface area contributed by atoms with Crippen molar-refractivity contribution in [1.82, 2.24) is 10.6 Å².